The van der Waals surface area contributed by atoms with Gasteiger partial charge in [0, 0.05) is 0 Å². The summed E-state index contributed by atoms with van der Waals surface area (Å²) in [6, 6.07) is 0. The molecular weight excluding hydrogens is 139 g/mol. The summed E-state index contributed by atoms with van der Waals surface area (Å²) in [5.41, 5.74) is 0. The molecule has 10 heavy (non-hydrogen) atoms. The van der Waals surface area contributed by atoms with Gasteiger partial charge in [0.15, 0.2) is 0 Å². The van der Waals surface area contributed by atoms with Crippen LogP contribution in [0.2, 0.25) is 0 Å². The molecule has 0 aromatic carbocycles. The van der Waals surface area contributed by atoms with E-state index in [4.69, 9.17) is 0 Å². The van der Waals surface area contributed by atoms with Crippen molar-refractivity contribution in [3.8, 4) is 0 Å². The molecule has 1 heteroatoms. The Kier molecular flexibility index (Phi) is 6.96. The molecule has 0 heterocycles. The van der Waals surface area contributed by atoms with Gasteiger partial charge >= 0.3 is 0 Å². The minimum atomic E-state index is 0.748. The molecule has 0 aromatic rings. The largest absolute Gasteiger partial charge is 0.0812 e. The highest BCUT2D eigenvalue weighted by Crippen LogP contribution is 2.06. The molecule has 1 unspecified atom stereocenters. The Morgan fingerprint density at radius 2 is 2.10 bits per heavy atom. The molecule has 0 aliphatic carbocycles. The van der Waals surface area contributed by atoms with Crippen molar-refractivity contribution in [3.63, 3.8) is 0 Å². The van der Waals surface area contributed by atoms with Crippen LogP contribution in [-0.2, 0) is 0 Å². The van der Waals surface area contributed by atoms with Crippen molar-refractivity contribution in [1.29, 1.82) is 0 Å². The summed E-state index contributed by atoms with van der Waals surface area (Å²) in [6.07, 6.45) is 4.71. The minimum absolute atomic E-state index is 0.748. The molecule has 0 aromatic heterocycles. The molecule has 1 atom stereocenters. The highest BCUT2D eigenvalue weighted by atomic mass is 31.1. The third-order valence-corrected chi connectivity index (χ3v) is 2.35. The molecule has 0 bridgehead atoms. The Balaban J connectivity index is 3.44. The molecular formula is C9H17P. The minimum Gasteiger partial charge on any atom is -0.0812 e. The molecule has 0 aliphatic rings. The van der Waals surface area contributed by atoms with Crippen molar-refractivity contribution in [2.24, 2.45) is 5.92 Å². The van der Waals surface area contributed by atoms with Gasteiger partial charge in [0.2, 0.25) is 0 Å². The monoisotopic (exact) mass is 156 g/mol. The Morgan fingerprint density at radius 1 is 1.40 bits per heavy atom. The van der Waals surface area contributed by atoms with Gasteiger partial charge in [0.1, 0.15) is 0 Å². The van der Waals surface area contributed by atoms with Crippen LogP contribution in [0.15, 0.2) is 11.9 Å². The summed E-state index contributed by atoms with van der Waals surface area (Å²) in [5.74, 6) is 5.24. The molecule has 0 saturated heterocycles. The summed E-state index contributed by atoms with van der Waals surface area (Å²) in [5, 5.41) is 0. The van der Waals surface area contributed by atoms with E-state index in [9.17, 15) is 0 Å². The average Bonchev–Trinajstić information content (AvgIpc) is 1.98. The predicted octanol–water partition coefficient (Wildman–Crippen LogP) is 3.70. The van der Waals surface area contributed by atoms with Crippen molar-refractivity contribution in [1.82, 2.24) is 0 Å². The second kappa shape index (κ2) is 7.02. The fourth-order valence-corrected chi connectivity index (χ4v) is 1.22. The zero-order valence-electron chi connectivity index (χ0n) is 7.17. The van der Waals surface area contributed by atoms with Crippen LogP contribution in [0.5, 0.6) is 0 Å². The molecule has 0 nitrogen and oxygen atoms in total. The average molecular weight is 156 g/mol. The zero-order valence-corrected chi connectivity index (χ0v) is 8.07. The maximum atomic E-state index is 2.29. The van der Waals surface area contributed by atoms with Gasteiger partial charge in [-0.15, -0.1) is 0 Å². The fraction of sp³-hybridized carbons (Fsp3) is 0.667. The van der Waals surface area contributed by atoms with E-state index in [0.717, 1.165) is 5.92 Å². The van der Waals surface area contributed by atoms with Crippen LogP contribution in [0.4, 0.5) is 0 Å². The number of hydrogen-bond donors (Lipinski definition) is 0. The maximum Gasteiger partial charge on any atom is -0.0258 e. The van der Waals surface area contributed by atoms with Gasteiger partial charge in [-0.05, 0) is 18.2 Å². The van der Waals surface area contributed by atoms with Gasteiger partial charge in [0.05, 0.1) is 0 Å². The van der Waals surface area contributed by atoms with Crippen molar-refractivity contribution < 1.29 is 0 Å². The van der Waals surface area contributed by atoms with Crippen LogP contribution in [-0.4, -0.2) is 5.80 Å². The van der Waals surface area contributed by atoms with Crippen molar-refractivity contribution in [2.45, 2.75) is 33.6 Å². The molecule has 0 fully saturated rings. The van der Waals surface area contributed by atoms with Crippen molar-refractivity contribution in [2.75, 3.05) is 0 Å². The van der Waals surface area contributed by atoms with Gasteiger partial charge in [-0.1, -0.05) is 47.3 Å². The van der Waals surface area contributed by atoms with Gasteiger partial charge in [-0.2, -0.15) is 0 Å². The van der Waals surface area contributed by atoms with Gasteiger partial charge in [-0.3, -0.25) is 0 Å². The lowest BCUT2D eigenvalue weighted by molar-refractivity contribution is 0.699. The first-order chi connectivity index (χ1) is 4.81. The highest BCUT2D eigenvalue weighted by molar-refractivity contribution is 7.41. The quantitative estimate of drug-likeness (QED) is 0.544. The summed E-state index contributed by atoms with van der Waals surface area (Å²) in [4.78, 5) is 0. The molecule has 0 spiro atoms. The summed E-state index contributed by atoms with van der Waals surface area (Å²) >= 11 is 0. The molecule has 58 valence electrons. The second-order valence-electron chi connectivity index (χ2n) is 2.47. The standard InChI is InChI=1S/C9H17P/c1-4-7-10-8-6-9(3)5-2/h6-9H,4-5H2,1-3H3/b8-6-. The fourth-order valence-electron chi connectivity index (χ4n) is 0.499. The van der Waals surface area contributed by atoms with E-state index < -0.39 is 0 Å². The van der Waals surface area contributed by atoms with E-state index in [1.54, 1.807) is 0 Å². The van der Waals surface area contributed by atoms with Crippen LogP contribution in [0.3, 0.4) is 0 Å². The van der Waals surface area contributed by atoms with E-state index in [2.05, 4.69) is 38.5 Å². The molecule has 0 aliphatic heterocycles. The van der Waals surface area contributed by atoms with Crippen LogP contribution in [0.25, 0.3) is 0 Å². The van der Waals surface area contributed by atoms with E-state index in [0.29, 0.717) is 0 Å². The lowest BCUT2D eigenvalue weighted by Crippen LogP contribution is -1.81. The first-order valence-corrected chi connectivity index (χ1v) is 5.02. The first-order valence-electron chi connectivity index (χ1n) is 3.99. The maximum absolute atomic E-state index is 2.29. The number of allylic oxidation sites excluding steroid dienone is 1. The topological polar surface area (TPSA) is 0 Å². The van der Waals surface area contributed by atoms with Crippen LogP contribution in [0.1, 0.15) is 33.6 Å². The lowest BCUT2D eigenvalue weighted by atomic mass is 10.1. The van der Waals surface area contributed by atoms with Crippen molar-refractivity contribution in [3.05, 3.63) is 11.9 Å². The third kappa shape index (κ3) is 6.04. The molecule has 0 amide bonds. The van der Waals surface area contributed by atoms with Crippen molar-refractivity contribution >= 4 is 14.0 Å². The van der Waals surface area contributed by atoms with Crippen LogP contribution in [0, 0.1) is 5.92 Å². The summed E-state index contributed by atoms with van der Waals surface area (Å²) < 4.78 is 0. The summed E-state index contributed by atoms with van der Waals surface area (Å²) in [6.45, 7) is 6.64. The molecule has 0 rings (SSSR count). The van der Waals surface area contributed by atoms with E-state index >= 15 is 0 Å². The van der Waals surface area contributed by atoms with E-state index in [-0.39, 0.29) is 0 Å². The normalized spacial score (nSPS) is 15.1. The first kappa shape index (κ1) is 9.91. The van der Waals surface area contributed by atoms with Gasteiger partial charge in [-0.25, -0.2) is 0 Å². The number of hydrogen-bond acceptors (Lipinski definition) is 0. The Bertz CT molecular complexity index is 114. The van der Waals surface area contributed by atoms with Gasteiger partial charge in [0.25, 0.3) is 0 Å². The highest BCUT2D eigenvalue weighted by Gasteiger charge is 1.87. The smallest absolute Gasteiger partial charge is 0.0258 e. The Labute approximate surface area is 66.1 Å². The lowest BCUT2D eigenvalue weighted by Gasteiger charge is -1.96. The Morgan fingerprint density at radius 3 is 2.60 bits per heavy atom. The summed E-state index contributed by atoms with van der Waals surface area (Å²) in [7, 11) is 1.36. The molecule has 0 N–H and O–H groups in total. The van der Waals surface area contributed by atoms with E-state index in [1.165, 1.54) is 21.0 Å². The van der Waals surface area contributed by atoms with Gasteiger partial charge < -0.3 is 0 Å². The third-order valence-electron chi connectivity index (χ3n) is 1.43. The Hall–Kier alpha value is -0.0900. The van der Waals surface area contributed by atoms with Crippen LogP contribution < -0.4 is 0 Å². The second-order valence-corrected chi connectivity index (χ2v) is 3.43. The molecule has 0 radical (unpaired) electrons. The molecule has 0 saturated carbocycles. The zero-order chi connectivity index (χ0) is 7.82. The number of rotatable bonds is 4. The SMILES string of the molecule is CCC=P/C=C\C(C)CC. The van der Waals surface area contributed by atoms with Crippen LogP contribution >= 0.6 is 8.20 Å². The predicted molar refractivity (Wildman–Crippen MR) is 51.9 cm³/mol. The van der Waals surface area contributed by atoms with E-state index in [1.807, 2.05) is 0 Å².